The Morgan fingerprint density at radius 2 is 0.735 bits per heavy atom. The topological polar surface area (TPSA) is 52.6 Å². The van der Waals surface area contributed by atoms with Gasteiger partial charge in [0.1, 0.15) is 0 Å². The fourth-order valence-corrected chi connectivity index (χ4v) is 59.6. The first kappa shape index (κ1) is 43.2. The molecule has 274 valence electrons. The number of unbranched alkanes of at least 4 members (excludes halogenated alkanes) is 6. The SMILES string of the molecule is CCC[CH2][Sn]([CH2]CCC)([CH2]CCC)[c]1s[c]([Sn]([CH2]CCC)([CH2]CCC)[CH2]CCC)c([PH](=O)Oc2ccccc2)c1[PH](=O)Oc1ccccc1. The van der Waals surface area contributed by atoms with Crippen molar-refractivity contribution in [3.05, 3.63) is 60.7 Å². The van der Waals surface area contributed by atoms with E-state index in [1.54, 1.807) is 0 Å². The summed E-state index contributed by atoms with van der Waals surface area (Å²) in [6.07, 6.45) is 14.4. The summed E-state index contributed by atoms with van der Waals surface area (Å²) in [6, 6.07) is 19.4. The van der Waals surface area contributed by atoms with Crippen LogP contribution in [0.25, 0.3) is 0 Å². The van der Waals surface area contributed by atoms with Gasteiger partial charge in [-0.3, -0.25) is 0 Å². The molecule has 0 fully saturated rings. The number of hydrogen-bond donors (Lipinski definition) is 0. The summed E-state index contributed by atoms with van der Waals surface area (Å²) in [6.45, 7) is 13.9. The van der Waals surface area contributed by atoms with Gasteiger partial charge in [0.15, 0.2) is 0 Å². The summed E-state index contributed by atoms with van der Waals surface area (Å²) in [7, 11) is -5.55. The van der Waals surface area contributed by atoms with Gasteiger partial charge in [0.05, 0.1) is 0 Å². The van der Waals surface area contributed by atoms with E-state index in [0.717, 1.165) is 10.6 Å². The monoisotopic (exact) mass is 944 g/mol. The van der Waals surface area contributed by atoms with E-state index < -0.39 is 52.8 Å². The molecular weight excluding hydrogens is 876 g/mol. The van der Waals surface area contributed by atoms with Crippen LogP contribution in [0, 0.1) is 0 Å². The molecule has 1 aromatic heterocycles. The Kier molecular flexibility index (Phi) is 20.7. The second-order valence-corrected chi connectivity index (χ2v) is 45.8. The number of thiophene rings is 1. The van der Waals surface area contributed by atoms with E-state index in [0.29, 0.717) is 11.5 Å². The van der Waals surface area contributed by atoms with Crippen molar-refractivity contribution < 1.29 is 18.2 Å². The molecular formula is C40H66O4P2SSn2. The molecule has 0 aliphatic carbocycles. The van der Waals surface area contributed by atoms with Crippen LogP contribution >= 0.6 is 27.4 Å². The van der Waals surface area contributed by atoms with Gasteiger partial charge in [-0.2, -0.15) is 0 Å². The zero-order valence-corrected chi connectivity index (χ0v) is 40.1. The van der Waals surface area contributed by atoms with Crippen molar-refractivity contribution in [1.82, 2.24) is 0 Å². The van der Waals surface area contributed by atoms with Gasteiger partial charge < -0.3 is 0 Å². The average molecular weight is 942 g/mol. The summed E-state index contributed by atoms with van der Waals surface area (Å²) in [4.78, 5) is 0. The molecule has 2 atom stereocenters. The number of benzene rings is 2. The number of hydrogen-bond acceptors (Lipinski definition) is 5. The van der Waals surface area contributed by atoms with Crippen LogP contribution in [0.3, 0.4) is 0 Å². The summed E-state index contributed by atoms with van der Waals surface area (Å²) in [5.74, 6) is 1.27. The first-order chi connectivity index (χ1) is 23.8. The number of rotatable bonds is 26. The predicted octanol–water partition coefficient (Wildman–Crippen LogP) is 12.2. The minimum absolute atomic E-state index is 0.633. The average Bonchev–Trinajstić information content (AvgIpc) is 3.55. The molecule has 0 bridgehead atoms. The molecule has 0 N–H and O–H groups in total. The van der Waals surface area contributed by atoms with Crippen molar-refractivity contribution in [1.29, 1.82) is 0 Å². The van der Waals surface area contributed by atoms with E-state index in [9.17, 15) is 0 Å². The quantitative estimate of drug-likeness (QED) is 0.0594. The second-order valence-electron chi connectivity index (χ2n) is 14.1. The van der Waals surface area contributed by atoms with Gasteiger partial charge in [-0.05, 0) is 0 Å². The molecule has 0 aliphatic heterocycles. The van der Waals surface area contributed by atoms with Gasteiger partial charge in [-0.15, -0.1) is 0 Å². The molecule has 0 aliphatic rings. The van der Waals surface area contributed by atoms with E-state index in [4.69, 9.17) is 9.05 Å². The molecule has 0 saturated carbocycles. The fourth-order valence-electron chi connectivity index (χ4n) is 7.38. The predicted molar refractivity (Wildman–Crippen MR) is 225 cm³/mol. The summed E-state index contributed by atoms with van der Waals surface area (Å²) >= 11 is -4.36. The summed E-state index contributed by atoms with van der Waals surface area (Å²) in [5, 5.41) is 1.75. The standard InChI is InChI=1S/C16H12O4P2S.6C4H9.2Sn/c17-21(19-13-7-3-1-4-8-13)15-11-23-12-16(15)22(18)20-14-9-5-2-6-10-14;6*1-3-4-2;;/h1-10,21-22H;6*1,3-4H2,2H3;;. The molecule has 3 aromatic rings. The van der Waals surface area contributed by atoms with Crippen LogP contribution in [-0.2, 0) is 9.13 Å². The Morgan fingerprint density at radius 3 is 0.980 bits per heavy atom. The molecule has 1 heterocycles. The van der Waals surface area contributed by atoms with Crippen LogP contribution < -0.4 is 25.4 Å². The van der Waals surface area contributed by atoms with Gasteiger partial charge in [0.25, 0.3) is 0 Å². The maximum atomic E-state index is 15.1. The fraction of sp³-hybridized carbons (Fsp3) is 0.600. The van der Waals surface area contributed by atoms with Gasteiger partial charge >= 0.3 is 316 Å². The van der Waals surface area contributed by atoms with Crippen molar-refractivity contribution in [3.63, 3.8) is 0 Å². The minimum atomic E-state index is -3.21. The third-order valence-electron chi connectivity index (χ3n) is 10.2. The Hall–Kier alpha value is -0.203. The Labute approximate surface area is 313 Å². The Balaban J connectivity index is 2.50. The van der Waals surface area contributed by atoms with E-state index >= 15 is 9.13 Å². The Morgan fingerprint density at radius 1 is 0.469 bits per heavy atom. The normalized spacial score (nSPS) is 13.3. The zero-order valence-electron chi connectivity index (χ0n) is 31.5. The van der Waals surface area contributed by atoms with Gasteiger partial charge in [0.2, 0.25) is 0 Å². The number of para-hydroxylation sites is 2. The van der Waals surface area contributed by atoms with Crippen molar-refractivity contribution in [3.8, 4) is 11.5 Å². The first-order valence-corrected chi connectivity index (χ1v) is 38.0. The van der Waals surface area contributed by atoms with Gasteiger partial charge in [-0.25, -0.2) is 0 Å². The molecule has 49 heavy (non-hydrogen) atoms. The maximum absolute atomic E-state index is 15.1. The molecule has 0 radical (unpaired) electrons. The van der Waals surface area contributed by atoms with E-state index in [1.165, 1.54) is 109 Å². The molecule has 3 rings (SSSR count). The molecule has 4 nitrogen and oxygen atoms in total. The van der Waals surface area contributed by atoms with Crippen LogP contribution in [0.1, 0.15) is 119 Å². The van der Waals surface area contributed by atoms with Crippen molar-refractivity contribution in [2.24, 2.45) is 0 Å². The third-order valence-corrected chi connectivity index (χ3v) is 52.7. The molecule has 0 saturated heterocycles. The molecule has 2 aromatic carbocycles. The van der Waals surface area contributed by atoms with Crippen molar-refractivity contribution in [2.45, 2.75) is 145 Å². The molecule has 0 amide bonds. The van der Waals surface area contributed by atoms with Gasteiger partial charge in [0, 0.05) is 0 Å². The van der Waals surface area contributed by atoms with E-state index in [2.05, 4.69) is 52.9 Å². The third kappa shape index (κ3) is 12.4. The van der Waals surface area contributed by atoms with Crippen LogP contribution in [0.2, 0.25) is 26.6 Å². The van der Waals surface area contributed by atoms with Gasteiger partial charge in [-0.1, -0.05) is 0 Å². The molecule has 2 unspecified atom stereocenters. The van der Waals surface area contributed by atoms with Crippen LogP contribution in [0.5, 0.6) is 11.5 Å². The summed E-state index contributed by atoms with van der Waals surface area (Å²) < 4.78 is 53.8. The molecule has 0 spiro atoms. The van der Waals surface area contributed by atoms with Crippen molar-refractivity contribution in [2.75, 3.05) is 0 Å². The first-order valence-electron chi connectivity index (χ1n) is 19.6. The van der Waals surface area contributed by atoms with Crippen molar-refractivity contribution >= 4 is 80.5 Å². The molecule has 9 heteroatoms. The zero-order chi connectivity index (χ0) is 35.5. The van der Waals surface area contributed by atoms with Crippen LogP contribution in [0.4, 0.5) is 0 Å². The van der Waals surface area contributed by atoms with E-state index in [-0.39, 0.29) is 0 Å². The van der Waals surface area contributed by atoms with Crippen LogP contribution in [0.15, 0.2) is 60.7 Å². The van der Waals surface area contributed by atoms with E-state index in [1.807, 2.05) is 60.7 Å². The summed E-state index contributed by atoms with van der Waals surface area (Å²) in [5.41, 5.74) is 0. The Bertz CT molecular complexity index is 1250. The second kappa shape index (κ2) is 23.5. The van der Waals surface area contributed by atoms with Crippen LogP contribution in [-0.4, -0.2) is 36.8 Å².